The Kier molecular flexibility index (Phi) is 6.25. The normalized spacial score (nSPS) is 19.5. The third kappa shape index (κ3) is 5.03. The molecule has 3 aromatic rings. The summed E-state index contributed by atoms with van der Waals surface area (Å²) in [7, 11) is 0. The Balaban J connectivity index is 1.36. The number of halogens is 2. The van der Waals surface area contributed by atoms with E-state index in [4.69, 9.17) is 25.8 Å². The number of nitrogens with zero attached hydrogens (tertiary/aromatic N) is 6. The Hall–Kier alpha value is -3.01. The highest BCUT2D eigenvalue weighted by atomic mass is 35.5. The molecule has 5 heterocycles. The molecule has 2 fully saturated rings. The van der Waals surface area contributed by atoms with Crippen molar-refractivity contribution in [1.82, 2.24) is 25.0 Å². The van der Waals surface area contributed by atoms with E-state index in [1.807, 2.05) is 37.8 Å². The van der Waals surface area contributed by atoms with Crippen LogP contribution in [0.5, 0.6) is 0 Å². The van der Waals surface area contributed by atoms with Gasteiger partial charge in [-0.15, -0.1) is 0 Å². The molecule has 0 bridgehead atoms. The predicted octanol–water partition coefficient (Wildman–Crippen LogP) is 5.00. The molecule has 0 aliphatic carbocycles. The number of alkyl halides is 1. The lowest BCUT2D eigenvalue weighted by molar-refractivity contribution is 0.0198. The summed E-state index contributed by atoms with van der Waals surface area (Å²) in [4.78, 5) is 29.7. The molecule has 0 N–H and O–H groups in total. The van der Waals surface area contributed by atoms with Gasteiger partial charge in [-0.05, 0) is 52.2 Å². The number of fused-ring (bicyclic) bond motifs is 1. The van der Waals surface area contributed by atoms with Crippen LogP contribution in [0.4, 0.5) is 15.0 Å². The number of amides is 1. The lowest BCUT2D eigenvalue weighted by atomic mass is 9.97. The maximum atomic E-state index is 13.7. The van der Waals surface area contributed by atoms with Crippen molar-refractivity contribution in [3.8, 4) is 11.4 Å². The summed E-state index contributed by atoms with van der Waals surface area (Å²) in [5.74, 6) is 1.53. The largest absolute Gasteiger partial charge is 0.444 e. The predicted molar refractivity (Wildman–Crippen MR) is 129 cm³/mol. The molecule has 1 atom stereocenters. The van der Waals surface area contributed by atoms with Crippen LogP contribution in [0.25, 0.3) is 22.4 Å². The van der Waals surface area contributed by atoms with Crippen LogP contribution >= 0.6 is 11.6 Å². The molecule has 1 unspecified atom stereocenters. The fourth-order valence-electron chi connectivity index (χ4n) is 4.49. The molecule has 0 saturated carbocycles. The van der Waals surface area contributed by atoms with Crippen molar-refractivity contribution in [2.45, 2.75) is 57.7 Å². The van der Waals surface area contributed by atoms with Gasteiger partial charge in [0.25, 0.3) is 0 Å². The van der Waals surface area contributed by atoms with Gasteiger partial charge in [0, 0.05) is 31.7 Å². The maximum Gasteiger partial charge on any atom is 0.410 e. The lowest BCUT2D eigenvalue weighted by Crippen LogP contribution is -2.41. The first kappa shape index (κ1) is 23.7. The Bertz CT molecular complexity index is 1240. The third-order valence-electron chi connectivity index (χ3n) is 6.27. The van der Waals surface area contributed by atoms with Crippen LogP contribution in [-0.2, 0) is 4.74 Å². The van der Waals surface area contributed by atoms with Gasteiger partial charge >= 0.3 is 6.09 Å². The summed E-state index contributed by atoms with van der Waals surface area (Å²) in [5, 5.41) is 4.56. The van der Waals surface area contributed by atoms with E-state index in [9.17, 15) is 9.18 Å². The second-order valence-electron chi connectivity index (χ2n) is 10.0. The van der Waals surface area contributed by atoms with Crippen LogP contribution < -0.4 is 4.90 Å². The van der Waals surface area contributed by atoms with Gasteiger partial charge in [-0.25, -0.2) is 14.2 Å². The van der Waals surface area contributed by atoms with Crippen molar-refractivity contribution >= 4 is 34.5 Å². The standard InChI is InChI=1S/C24H28ClFN6O3/c1-24(2,3)34-23(33)31-9-6-14(7-10-31)22-29-21(30-35-22)19-16(25)12-27-17-4-5-18(28-20(17)19)32-11-8-15(26)13-32/h4-5,12,14-15H,6-11,13H2,1-3H3. The zero-order valence-electron chi connectivity index (χ0n) is 20.0. The molecule has 35 heavy (non-hydrogen) atoms. The molecule has 2 aliphatic heterocycles. The van der Waals surface area contributed by atoms with Gasteiger partial charge in [0.2, 0.25) is 11.7 Å². The van der Waals surface area contributed by atoms with Gasteiger partial charge in [0.1, 0.15) is 23.1 Å². The van der Waals surface area contributed by atoms with E-state index in [-0.39, 0.29) is 12.0 Å². The van der Waals surface area contributed by atoms with Crippen LogP contribution in [0.15, 0.2) is 22.9 Å². The number of carbonyl (C=O) groups excluding carboxylic acids is 1. The molecular formula is C24H28ClFN6O3. The quantitative estimate of drug-likeness (QED) is 0.493. The average molecular weight is 503 g/mol. The highest BCUT2D eigenvalue weighted by Crippen LogP contribution is 2.35. The molecule has 5 rings (SSSR count). The van der Waals surface area contributed by atoms with Crippen molar-refractivity contribution in [1.29, 1.82) is 0 Å². The number of hydrogen-bond donors (Lipinski definition) is 0. The average Bonchev–Trinajstić information content (AvgIpc) is 3.47. The minimum atomic E-state index is -0.856. The van der Waals surface area contributed by atoms with Crippen molar-refractivity contribution in [3.63, 3.8) is 0 Å². The topological polar surface area (TPSA) is 97.5 Å². The Morgan fingerprint density at radius 2 is 1.94 bits per heavy atom. The van der Waals surface area contributed by atoms with Crippen molar-refractivity contribution in [3.05, 3.63) is 29.2 Å². The monoisotopic (exact) mass is 502 g/mol. The summed E-state index contributed by atoms with van der Waals surface area (Å²) in [6.07, 6.45) is 2.24. The molecule has 2 aliphatic rings. The fourth-order valence-corrected chi connectivity index (χ4v) is 4.71. The zero-order valence-corrected chi connectivity index (χ0v) is 20.8. The molecule has 186 valence electrons. The molecular weight excluding hydrogens is 475 g/mol. The SMILES string of the molecule is CC(C)(C)OC(=O)N1CCC(c2nc(-c3c(Cl)cnc4ccc(N5CCC(F)C5)nc34)no2)CC1. The Labute approximate surface area is 207 Å². The summed E-state index contributed by atoms with van der Waals surface area (Å²) >= 11 is 6.52. The number of pyridine rings is 2. The molecule has 0 aromatic carbocycles. The Morgan fingerprint density at radius 3 is 2.63 bits per heavy atom. The number of rotatable bonds is 3. The van der Waals surface area contributed by atoms with Gasteiger partial charge in [-0.3, -0.25) is 4.98 Å². The number of carbonyl (C=O) groups is 1. The van der Waals surface area contributed by atoms with E-state index in [1.54, 1.807) is 11.1 Å². The number of likely N-dealkylation sites (tertiary alicyclic amines) is 1. The van der Waals surface area contributed by atoms with Gasteiger partial charge in [-0.1, -0.05) is 16.8 Å². The van der Waals surface area contributed by atoms with Gasteiger partial charge in [0.05, 0.1) is 22.6 Å². The van der Waals surface area contributed by atoms with E-state index in [0.717, 1.165) is 0 Å². The van der Waals surface area contributed by atoms with E-state index in [0.29, 0.717) is 84.6 Å². The van der Waals surface area contributed by atoms with Crippen LogP contribution in [0.1, 0.15) is 51.8 Å². The van der Waals surface area contributed by atoms with Crippen LogP contribution in [0, 0.1) is 0 Å². The number of aromatic nitrogens is 4. The molecule has 0 radical (unpaired) electrons. The smallest absolute Gasteiger partial charge is 0.410 e. The van der Waals surface area contributed by atoms with E-state index >= 15 is 0 Å². The third-order valence-corrected chi connectivity index (χ3v) is 6.55. The van der Waals surface area contributed by atoms with E-state index < -0.39 is 11.8 Å². The number of piperidine rings is 1. The summed E-state index contributed by atoms with van der Waals surface area (Å²) in [5.41, 5.74) is 1.19. The lowest BCUT2D eigenvalue weighted by Gasteiger charge is -2.32. The highest BCUT2D eigenvalue weighted by molar-refractivity contribution is 6.34. The first-order chi connectivity index (χ1) is 16.7. The van der Waals surface area contributed by atoms with Crippen molar-refractivity contribution in [2.24, 2.45) is 0 Å². The second-order valence-corrected chi connectivity index (χ2v) is 10.5. The molecule has 1 amide bonds. The van der Waals surface area contributed by atoms with Gasteiger partial charge in [-0.2, -0.15) is 4.98 Å². The van der Waals surface area contributed by atoms with Crippen molar-refractivity contribution < 1.29 is 18.4 Å². The minimum Gasteiger partial charge on any atom is -0.444 e. The first-order valence-electron chi connectivity index (χ1n) is 11.8. The second kappa shape index (κ2) is 9.22. The van der Waals surface area contributed by atoms with Crippen molar-refractivity contribution in [2.75, 3.05) is 31.1 Å². The fraction of sp³-hybridized carbons (Fsp3) is 0.542. The summed E-state index contributed by atoms with van der Waals surface area (Å²) in [6, 6.07) is 3.68. The highest BCUT2D eigenvalue weighted by Gasteiger charge is 2.31. The summed E-state index contributed by atoms with van der Waals surface area (Å²) < 4.78 is 24.8. The zero-order chi connectivity index (χ0) is 24.7. The van der Waals surface area contributed by atoms with Crippen LogP contribution in [0.3, 0.4) is 0 Å². The number of hydrogen-bond acceptors (Lipinski definition) is 8. The van der Waals surface area contributed by atoms with Crippen LogP contribution in [0.2, 0.25) is 5.02 Å². The minimum absolute atomic E-state index is 0.0245. The van der Waals surface area contributed by atoms with Gasteiger partial charge < -0.3 is 19.1 Å². The molecule has 9 nitrogen and oxygen atoms in total. The molecule has 3 aromatic heterocycles. The number of ether oxygens (including phenoxy) is 1. The molecule has 11 heteroatoms. The van der Waals surface area contributed by atoms with E-state index in [2.05, 4.69) is 15.1 Å². The maximum absolute atomic E-state index is 13.7. The first-order valence-corrected chi connectivity index (χ1v) is 12.2. The van der Waals surface area contributed by atoms with Gasteiger partial charge in [0.15, 0.2) is 0 Å². The number of anilines is 1. The summed E-state index contributed by atoms with van der Waals surface area (Å²) in [6.45, 7) is 7.58. The molecule has 2 saturated heterocycles. The Morgan fingerprint density at radius 1 is 1.17 bits per heavy atom. The van der Waals surface area contributed by atoms with Crippen LogP contribution in [-0.4, -0.2) is 69.1 Å². The van der Waals surface area contributed by atoms with E-state index in [1.165, 1.54) is 0 Å². The molecule has 0 spiro atoms.